The summed E-state index contributed by atoms with van der Waals surface area (Å²) in [6, 6.07) is 0. The smallest absolute Gasteiger partial charge is 0.209 e. The summed E-state index contributed by atoms with van der Waals surface area (Å²) >= 11 is 1.61. The molecule has 1 saturated heterocycles. The maximum absolute atomic E-state index is 9.43. The van der Waals surface area contributed by atoms with E-state index in [-0.39, 0.29) is 6.10 Å². The molecule has 2 rings (SSSR count). The van der Waals surface area contributed by atoms with Gasteiger partial charge in [0.15, 0.2) is 5.13 Å². The first kappa shape index (κ1) is 11.9. The number of carbonyl (C=O) groups excluding carboxylic acids is 1. The van der Waals surface area contributed by atoms with Gasteiger partial charge >= 0.3 is 0 Å². The molecule has 2 heterocycles. The van der Waals surface area contributed by atoms with Crippen LogP contribution in [0.15, 0.2) is 11.6 Å². The molecule has 15 heavy (non-hydrogen) atoms. The van der Waals surface area contributed by atoms with Crippen LogP contribution in [0.3, 0.4) is 0 Å². The molecule has 1 aromatic rings. The predicted molar refractivity (Wildman–Crippen MR) is 60.1 cm³/mol. The predicted octanol–water partition coefficient (Wildman–Crippen LogP) is 0.0284. The van der Waals surface area contributed by atoms with Crippen molar-refractivity contribution in [3.05, 3.63) is 11.6 Å². The third-order valence-electron chi connectivity index (χ3n) is 1.76. The fourth-order valence-electron chi connectivity index (χ4n) is 0.984. The van der Waals surface area contributed by atoms with Crippen LogP contribution in [0.4, 0.5) is 5.13 Å². The number of nitrogens with zero attached hydrogens (tertiary/aromatic N) is 3. The SMILES string of the molecule is CN(C)C=O.OC1CN(c2nccs2)C1. The number of aliphatic hydroxyl groups is 1. The Morgan fingerprint density at radius 2 is 2.27 bits per heavy atom. The van der Waals surface area contributed by atoms with E-state index < -0.39 is 0 Å². The van der Waals surface area contributed by atoms with Crippen LogP contribution < -0.4 is 4.90 Å². The highest BCUT2D eigenvalue weighted by Crippen LogP contribution is 2.22. The minimum absolute atomic E-state index is 0.135. The van der Waals surface area contributed by atoms with Gasteiger partial charge in [-0.05, 0) is 0 Å². The number of hydrogen-bond donors (Lipinski definition) is 1. The molecule has 1 aliphatic heterocycles. The Labute approximate surface area is 93.0 Å². The minimum Gasteiger partial charge on any atom is -0.389 e. The van der Waals surface area contributed by atoms with Gasteiger partial charge < -0.3 is 14.9 Å². The number of rotatable bonds is 2. The summed E-state index contributed by atoms with van der Waals surface area (Å²) in [4.78, 5) is 17.0. The highest BCUT2D eigenvalue weighted by Gasteiger charge is 2.25. The van der Waals surface area contributed by atoms with Crippen molar-refractivity contribution >= 4 is 22.9 Å². The van der Waals surface area contributed by atoms with Crippen molar-refractivity contribution in [1.29, 1.82) is 0 Å². The number of carbonyl (C=O) groups is 1. The average Bonchev–Trinajstić information content (AvgIpc) is 2.66. The Morgan fingerprint density at radius 1 is 1.67 bits per heavy atom. The maximum atomic E-state index is 9.43. The first-order valence-electron chi connectivity index (χ1n) is 4.57. The van der Waals surface area contributed by atoms with Gasteiger partial charge in [-0.25, -0.2) is 4.98 Å². The van der Waals surface area contributed by atoms with Crippen molar-refractivity contribution in [2.24, 2.45) is 0 Å². The molecule has 0 saturated carbocycles. The van der Waals surface area contributed by atoms with Crippen LogP contribution in [0.5, 0.6) is 0 Å². The number of β-amino-alcohol motifs (C(OH)–C–C–N with tert-alkyl or cyclic N) is 1. The van der Waals surface area contributed by atoms with E-state index in [0.717, 1.165) is 24.6 Å². The molecule has 0 radical (unpaired) electrons. The quantitative estimate of drug-likeness (QED) is 0.727. The van der Waals surface area contributed by atoms with Crippen LogP contribution in [0.25, 0.3) is 0 Å². The zero-order valence-electron chi connectivity index (χ0n) is 8.83. The second-order valence-corrected chi connectivity index (χ2v) is 4.32. The molecule has 0 aliphatic carbocycles. The average molecular weight is 229 g/mol. The molecule has 1 aliphatic rings. The maximum Gasteiger partial charge on any atom is 0.209 e. The minimum atomic E-state index is -0.135. The highest BCUT2D eigenvalue weighted by molar-refractivity contribution is 7.13. The normalized spacial score (nSPS) is 15.0. The van der Waals surface area contributed by atoms with Gasteiger partial charge in [-0.2, -0.15) is 0 Å². The van der Waals surface area contributed by atoms with E-state index in [0.29, 0.717) is 0 Å². The topological polar surface area (TPSA) is 56.7 Å². The third kappa shape index (κ3) is 3.85. The van der Waals surface area contributed by atoms with Gasteiger partial charge in [-0.1, -0.05) is 0 Å². The zero-order chi connectivity index (χ0) is 11.3. The molecule has 84 valence electrons. The van der Waals surface area contributed by atoms with Gasteiger partial charge in [0.25, 0.3) is 0 Å². The largest absolute Gasteiger partial charge is 0.389 e. The fourth-order valence-corrected chi connectivity index (χ4v) is 1.65. The van der Waals surface area contributed by atoms with E-state index in [1.165, 1.54) is 4.90 Å². The van der Waals surface area contributed by atoms with Crippen LogP contribution in [0, 0.1) is 0 Å². The molecule has 1 fully saturated rings. The van der Waals surface area contributed by atoms with Crippen LogP contribution in [0.2, 0.25) is 0 Å². The standard InChI is InChI=1S/C6H8N2OS.C3H7NO/c9-5-3-8(4-5)6-7-1-2-10-6;1-4(2)3-5/h1-2,5,9H,3-4H2;3H,1-2H3. The molecule has 5 nitrogen and oxygen atoms in total. The molecule has 1 amide bonds. The zero-order valence-corrected chi connectivity index (χ0v) is 9.65. The lowest BCUT2D eigenvalue weighted by Crippen LogP contribution is -2.50. The summed E-state index contributed by atoms with van der Waals surface area (Å²) < 4.78 is 0. The summed E-state index contributed by atoms with van der Waals surface area (Å²) in [5, 5.41) is 11.9. The molecule has 0 spiro atoms. The summed E-state index contributed by atoms with van der Waals surface area (Å²) in [6.45, 7) is 1.49. The lowest BCUT2D eigenvalue weighted by atomic mass is 10.2. The third-order valence-corrected chi connectivity index (χ3v) is 2.60. The molecule has 6 heteroatoms. The van der Waals surface area contributed by atoms with E-state index in [9.17, 15) is 4.79 Å². The molecule has 1 N–H and O–H groups in total. The van der Waals surface area contributed by atoms with Crippen molar-refractivity contribution in [2.45, 2.75) is 6.10 Å². The van der Waals surface area contributed by atoms with Crippen molar-refractivity contribution < 1.29 is 9.90 Å². The summed E-state index contributed by atoms with van der Waals surface area (Å²) in [5.41, 5.74) is 0. The Bertz CT molecular complexity index is 284. The van der Waals surface area contributed by atoms with Crippen molar-refractivity contribution in [2.75, 3.05) is 32.1 Å². The van der Waals surface area contributed by atoms with Gasteiger partial charge in [-0.3, -0.25) is 4.79 Å². The van der Waals surface area contributed by atoms with E-state index in [1.807, 2.05) is 5.38 Å². The van der Waals surface area contributed by atoms with Gasteiger partial charge in [-0.15, -0.1) is 11.3 Å². The number of anilines is 1. The molecule has 0 unspecified atom stereocenters. The van der Waals surface area contributed by atoms with E-state index in [4.69, 9.17) is 5.11 Å². The highest BCUT2D eigenvalue weighted by atomic mass is 32.1. The second-order valence-electron chi connectivity index (χ2n) is 3.44. The van der Waals surface area contributed by atoms with E-state index >= 15 is 0 Å². The Morgan fingerprint density at radius 3 is 2.60 bits per heavy atom. The summed E-state index contributed by atoms with van der Waals surface area (Å²) in [5.74, 6) is 0. The first-order chi connectivity index (χ1) is 7.13. The van der Waals surface area contributed by atoms with Crippen LogP contribution >= 0.6 is 11.3 Å². The molecule has 0 bridgehead atoms. The number of aliphatic hydroxyl groups excluding tert-OH is 1. The Kier molecular flexibility index (Phi) is 4.51. The first-order valence-corrected chi connectivity index (χ1v) is 5.45. The molecule has 1 aromatic heterocycles. The lowest BCUT2D eigenvalue weighted by Gasteiger charge is -2.35. The van der Waals surface area contributed by atoms with Crippen molar-refractivity contribution in [1.82, 2.24) is 9.88 Å². The van der Waals surface area contributed by atoms with E-state index in [2.05, 4.69) is 9.88 Å². The lowest BCUT2D eigenvalue weighted by molar-refractivity contribution is -0.115. The molecular weight excluding hydrogens is 214 g/mol. The molecular formula is C9H15N3O2S. The van der Waals surface area contributed by atoms with Gasteiger partial charge in [0.05, 0.1) is 6.10 Å². The number of thiazole rings is 1. The fraction of sp³-hybridized carbons (Fsp3) is 0.556. The Hall–Kier alpha value is -1.14. The summed E-state index contributed by atoms with van der Waals surface area (Å²) in [6.07, 6.45) is 2.40. The van der Waals surface area contributed by atoms with E-state index in [1.54, 1.807) is 31.6 Å². The van der Waals surface area contributed by atoms with Crippen LogP contribution in [-0.4, -0.2) is 54.7 Å². The Balaban J connectivity index is 0.000000195. The van der Waals surface area contributed by atoms with Gasteiger partial charge in [0, 0.05) is 38.8 Å². The van der Waals surface area contributed by atoms with Crippen molar-refractivity contribution in [3.63, 3.8) is 0 Å². The van der Waals surface area contributed by atoms with Gasteiger partial charge in [0.1, 0.15) is 0 Å². The molecule has 0 aromatic carbocycles. The number of amides is 1. The van der Waals surface area contributed by atoms with Gasteiger partial charge in [0.2, 0.25) is 6.41 Å². The number of hydrogen-bond acceptors (Lipinski definition) is 5. The number of aromatic nitrogens is 1. The monoisotopic (exact) mass is 229 g/mol. The summed E-state index contributed by atoms with van der Waals surface area (Å²) in [7, 11) is 3.38. The second kappa shape index (κ2) is 5.67. The molecule has 0 atom stereocenters. The van der Waals surface area contributed by atoms with Crippen LogP contribution in [-0.2, 0) is 4.79 Å². The van der Waals surface area contributed by atoms with Crippen LogP contribution in [0.1, 0.15) is 0 Å². The van der Waals surface area contributed by atoms with Crippen molar-refractivity contribution in [3.8, 4) is 0 Å².